The van der Waals surface area contributed by atoms with Crippen LogP contribution in [0.15, 0.2) is 17.2 Å². The lowest BCUT2D eigenvalue weighted by molar-refractivity contribution is 0.305. The minimum atomic E-state index is -0.125. The molecule has 2 unspecified atom stereocenters. The smallest absolute Gasteiger partial charge is 0.274 e. The van der Waals surface area contributed by atoms with E-state index in [1.165, 1.54) is 10.8 Å². The summed E-state index contributed by atoms with van der Waals surface area (Å²) in [5.41, 5.74) is 6.57. The first-order chi connectivity index (χ1) is 9.13. The third kappa shape index (κ3) is 2.39. The van der Waals surface area contributed by atoms with E-state index in [4.69, 9.17) is 5.73 Å². The SMILES string of the molecule is CC(N)C1CCN(Cc2cc(=O)n3[nH]cnc3n2)C1. The van der Waals surface area contributed by atoms with Gasteiger partial charge in [-0.2, -0.15) is 4.52 Å². The number of likely N-dealkylation sites (tertiary alicyclic amines) is 1. The molecule has 2 aromatic heterocycles. The second-order valence-electron chi connectivity index (χ2n) is 5.25. The number of fused-ring (bicyclic) bond motifs is 1. The molecule has 0 saturated carbocycles. The molecule has 7 nitrogen and oxygen atoms in total. The number of nitrogens with two attached hydrogens (primary N) is 1. The van der Waals surface area contributed by atoms with E-state index in [1.54, 1.807) is 6.07 Å². The van der Waals surface area contributed by atoms with Crippen molar-refractivity contribution in [2.45, 2.75) is 25.9 Å². The summed E-state index contributed by atoms with van der Waals surface area (Å²) in [6, 6.07) is 1.78. The van der Waals surface area contributed by atoms with Crippen LogP contribution in [-0.2, 0) is 6.54 Å². The van der Waals surface area contributed by atoms with Crippen LogP contribution in [0.1, 0.15) is 19.0 Å². The molecule has 2 atom stereocenters. The van der Waals surface area contributed by atoms with Gasteiger partial charge in [0.05, 0.1) is 5.69 Å². The second kappa shape index (κ2) is 4.75. The number of nitrogens with zero attached hydrogens (tertiary/aromatic N) is 4. The van der Waals surface area contributed by atoms with Crippen LogP contribution in [0.4, 0.5) is 0 Å². The number of aromatic nitrogens is 4. The number of hydrogen-bond acceptors (Lipinski definition) is 5. The summed E-state index contributed by atoms with van der Waals surface area (Å²) in [6.45, 7) is 4.71. The molecule has 0 amide bonds. The Hall–Kier alpha value is -1.73. The highest BCUT2D eigenvalue weighted by Gasteiger charge is 2.25. The van der Waals surface area contributed by atoms with E-state index < -0.39 is 0 Å². The summed E-state index contributed by atoms with van der Waals surface area (Å²) in [4.78, 5) is 22.5. The lowest BCUT2D eigenvalue weighted by atomic mass is 10.0. The van der Waals surface area contributed by atoms with Crippen molar-refractivity contribution < 1.29 is 0 Å². The van der Waals surface area contributed by atoms with Gasteiger partial charge in [0.1, 0.15) is 6.33 Å². The standard InChI is InChI=1S/C12H18N6O/c1-8(13)9-2-3-17(5-9)6-10-4-11(19)18-12(16-10)14-7-15-18/h4,7-9H,2-3,5-6,13H2,1H3,(H,14,15,16). The molecule has 1 aliphatic heterocycles. The molecule has 0 aliphatic carbocycles. The van der Waals surface area contributed by atoms with Crippen LogP contribution in [0.2, 0.25) is 0 Å². The first kappa shape index (κ1) is 12.3. The van der Waals surface area contributed by atoms with Gasteiger partial charge in [-0.3, -0.25) is 14.8 Å². The van der Waals surface area contributed by atoms with Gasteiger partial charge in [-0.1, -0.05) is 0 Å². The number of hydrogen-bond donors (Lipinski definition) is 2. The summed E-state index contributed by atoms with van der Waals surface area (Å²) >= 11 is 0. The van der Waals surface area contributed by atoms with Crippen molar-refractivity contribution in [3.8, 4) is 0 Å². The van der Waals surface area contributed by atoms with Crippen molar-refractivity contribution in [2.24, 2.45) is 11.7 Å². The molecule has 0 bridgehead atoms. The predicted molar refractivity (Wildman–Crippen MR) is 70.6 cm³/mol. The van der Waals surface area contributed by atoms with Gasteiger partial charge in [0, 0.05) is 25.2 Å². The summed E-state index contributed by atoms with van der Waals surface area (Å²) in [7, 11) is 0. The Morgan fingerprint density at radius 1 is 1.63 bits per heavy atom. The molecule has 0 spiro atoms. The molecule has 1 fully saturated rings. The molecule has 3 heterocycles. The van der Waals surface area contributed by atoms with Crippen LogP contribution in [-0.4, -0.2) is 43.6 Å². The van der Waals surface area contributed by atoms with E-state index in [-0.39, 0.29) is 11.6 Å². The van der Waals surface area contributed by atoms with E-state index in [1.807, 2.05) is 0 Å². The molecule has 7 heteroatoms. The molecular weight excluding hydrogens is 244 g/mol. The number of H-pyrrole nitrogens is 1. The average Bonchev–Trinajstić information content (AvgIpc) is 2.97. The number of nitrogens with one attached hydrogen (secondary N) is 1. The number of aromatic amines is 1. The fourth-order valence-corrected chi connectivity index (χ4v) is 2.61. The van der Waals surface area contributed by atoms with Crippen molar-refractivity contribution in [3.05, 3.63) is 28.4 Å². The van der Waals surface area contributed by atoms with Crippen LogP contribution in [0.5, 0.6) is 0 Å². The Kier molecular flexibility index (Phi) is 3.08. The Balaban J connectivity index is 1.77. The Morgan fingerprint density at radius 3 is 3.21 bits per heavy atom. The summed E-state index contributed by atoms with van der Waals surface area (Å²) in [5, 5.41) is 2.73. The minimum Gasteiger partial charge on any atom is -0.328 e. The number of rotatable bonds is 3. The molecule has 19 heavy (non-hydrogen) atoms. The van der Waals surface area contributed by atoms with Crippen LogP contribution in [0, 0.1) is 5.92 Å². The molecule has 102 valence electrons. The summed E-state index contributed by atoms with van der Waals surface area (Å²) in [5.74, 6) is 0.959. The van der Waals surface area contributed by atoms with E-state index in [9.17, 15) is 4.79 Å². The summed E-state index contributed by atoms with van der Waals surface area (Å²) in [6.07, 6.45) is 2.58. The predicted octanol–water partition coefficient (Wildman–Crippen LogP) is -0.413. The highest BCUT2D eigenvalue weighted by molar-refractivity contribution is 5.26. The summed E-state index contributed by atoms with van der Waals surface area (Å²) < 4.78 is 1.33. The van der Waals surface area contributed by atoms with Crippen molar-refractivity contribution >= 4 is 5.78 Å². The van der Waals surface area contributed by atoms with E-state index in [0.29, 0.717) is 18.2 Å². The fraction of sp³-hybridized carbons (Fsp3) is 0.583. The van der Waals surface area contributed by atoms with Gasteiger partial charge in [0.25, 0.3) is 11.3 Å². The van der Waals surface area contributed by atoms with E-state index in [0.717, 1.165) is 25.2 Å². The zero-order valence-electron chi connectivity index (χ0n) is 10.9. The third-order valence-corrected chi connectivity index (χ3v) is 3.76. The molecule has 3 rings (SSSR count). The molecule has 2 aromatic rings. The molecule has 0 aromatic carbocycles. The van der Waals surface area contributed by atoms with Crippen molar-refractivity contribution in [1.29, 1.82) is 0 Å². The molecule has 1 aliphatic rings. The van der Waals surface area contributed by atoms with Gasteiger partial charge in [-0.15, -0.1) is 0 Å². The van der Waals surface area contributed by atoms with Gasteiger partial charge < -0.3 is 5.73 Å². The molecule has 1 saturated heterocycles. The zero-order valence-corrected chi connectivity index (χ0v) is 10.9. The van der Waals surface area contributed by atoms with Crippen LogP contribution in [0.3, 0.4) is 0 Å². The second-order valence-corrected chi connectivity index (χ2v) is 5.25. The maximum atomic E-state index is 11.8. The van der Waals surface area contributed by atoms with Crippen molar-refractivity contribution in [3.63, 3.8) is 0 Å². The zero-order chi connectivity index (χ0) is 13.4. The highest BCUT2D eigenvalue weighted by Crippen LogP contribution is 2.19. The Bertz CT molecular complexity index is 630. The van der Waals surface area contributed by atoms with E-state index in [2.05, 4.69) is 26.9 Å². The molecule has 3 N–H and O–H groups in total. The minimum absolute atomic E-state index is 0.125. The van der Waals surface area contributed by atoms with Gasteiger partial charge in [-0.25, -0.2) is 9.97 Å². The van der Waals surface area contributed by atoms with Gasteiger partial charge in [0.15, 0.2) is 0 Å². The lowest BCUT2D eigenvalue weighted by Gasteiger charge is -2.17. The topological polar surface area (TPSA) is 92.3 Å². The quantitative estimate of drug-likeness (QED) is 0.784. The van der Waals surface area contributed by atoms with Gasteiger partial charge in [-0.05, 0) is 25.8 Å². The van der Waals surface area contributed by atoms with E-state index >= 15 is 0 Å². The highest BCUT2D eigenvalue weighted by atomic mass is 16.1. The van der Waals surface area contributed by atoms with Crippen LogP contribution < -0.4 is 11.3 Å². The maximum absolute atomic E-state index is 11.8. The lowest BCUT2D eigenvalue weighted by Crippen LogP contribution is -2.30. The van der Waals surface area contributed by atoms with Crippen LogP contribution >= 0.6 is 0 Å². The van der Waals surface area contributed by atoms with Gasteiger partial charge in [0.2, 0.25) is 0 Å². The first-order valence-corrected chi connectivity index (χ1v) is 6.53. The fourth-order valence-electron chi connectivity index (χ4n) is 2.61. The maximum Gasteiger partial charge on any atom is 0.274 e. The van der Waals surface area contributed by atoms with Gasteiger partial charge >= 0.3 is 0 Å². The average molecular weight is 262 g/mol. The molecular formula is C12H18N6O. The van der Waals surface area contributed by atoms with Crippen molar-refractivity contribution in [2.75, 3.05) is 13.1 Å². The monoisotopic (exact) mass is 262 g/mol. The Labute approximate surface area is 110 Å². The Morgan fingerprint density at radius 2 is 2.47 bits per heavy atom. The normalized spacial score (nSPS) is 22.1. The van der Waals surface area contributed by atoms with Crippen molar-refractivity contribution in [1.82, 2.24) is 24.5 Å². The molecule has 0 radical (unpaired) electrons. The van der Waals surface area contributed by atoms with Crippen LogP contribution in [0.25, 0.3) is 5.78 Å². The largest absolute Gasteiger partial charge is 0.328 e. The third-order valence-electron chi connectivity index (χ3n) is 3.76. The first-order valence-electron chi connectivity index (χ1n) is 6.53.